The Morgan fingerprint density at radius 3 is 2.29 bits per heavy atom. The molecular weight excluding hydrogens is 204 g/mol. The molecular formula is C17H12. The molecule has 0 saturated carbocycles. The molecule has 0 saturated heterocycles. The van der Waals surface area contributed by atoms with Crippen LogP contribution in [-0.2, 0) is 6.42 Å². The second kappa shape index (κ2) is 3.21. The van der Waals surface area contributed by atoms with Gasteiger partial charge >= 0.3 is 0 Å². The molecule has 2 aliphatic rings. The third kappa shape index (κ3) is 1.31. The van der Waals surface area contributed by atoms with E-state index in [0.29, 0.717) is 0 Å². The summed E-state index contributed by atoms with van der Waals surface area (Å²) in [5.41, 5.74) is 8.40. The minimum atomic E-state index is 1.04. The molecule has 0 N–H and O–H groups in total. The fraction of sp³-hybridized carbons (Fsp3) is 0.0588. The molecule has 0 heteroatoms. The van der Waals surface area contributed by atoms with E-state index < -0.39 is 0 Å². The summed E-state index contributed by atoms with van der Waals surface area (Å²) >= 11 is 0. The Kier molecular flexibility index (Phi) is 1.70. The zero-order valence-electron chi connectivity index (χ0n) is 9.48. The Bertz CT molecular complexity index is 672. The molecule has 0 amide bonds. The van der Waals surface area contributed by atoms with Crippen molar-refractivity contribution in [2.45, 2.75) is 6.42 Å². The molecule has 4 rings (SSSR count). The summed E-state index contributed by atoms with van der Waals surface area (Å²) in [6.45, 7) is 0. The van der Waals surface area contributed by atoms with Gasteiger partial charge in [-0.25, -0.2) is 0 Å². The standard InChI is InChI=1S/C17H12/c1-2-14-8-9-17(14)16(3-1)11-12-4-5-13-6-7-15(13)10-12/h1-10H,11H2. The second-order valence-corrected chi connectivity index (χ2v) is 4.73. The largest absolute Gasteiger partial charge is 0.0613 e. The molecule has 17 heavy (non-hydrogen) atoms. The van der Waals surface area contributed by atoms with Crippen LogP contribution < -0.4 is 0 Å². The highest BCUT2D eigenvalue weighted by Gasteiger charge is 2.11. The van der Waals surface area contributed by atoms with E-state index in [-0.39, 0.29) is 0 Å². The Hall–Kier alpha value is -2.08. The average Bonchev–Trinajstić information content (AvgIpc) is 2.25. The summed E-state index contributed by atoms with van der Waals surface area (Å²) < 4.78 is 0. The van der Waals surface area contributed by atoms with Crippen LogP contribution in [0, 0.1) is 0 Å². The number of fused-ring (bicyclic) bond motifs is 2. The van der Waals surface area contributed by atoms with Gasteiger partial charge < -0.3 is 0 Å². The van der Waals surface area contributed by atoms with Crippen LogP contribution in [0.1, 0.15) is 33.4 Å². The predicted octanol–water partition coefficient (Wildman–Crippen LogP) is 4.25. The van der Waals surface area contributed by atoms with Crippen molar-refractivity contribution in [3.05, 3.63) is 69.8 Å². The molecule has 2 aromatic rings. The summed E-state index contributed by atoms with van der Waals surface area (Å²) in [6, 6.07) is 13.3. The van der Waals surface area contributed by atoms with Gasteiger partial charge in [-0.3, -0.25) is 0 Å². The summed E-state index contributed by atoms with van der Waals surface area (Å²) in [7, 11) is 0. The number of hydrogen-bond acceptors (Lipinski definition) is 0. The second-order valence-electron chi connectivity index (χ2n) is 4.73. The van der Waals surface area contributed by atoms with E-state index >= 15 is 0 Å². The van der Waals surface area contributed by atoms with Crippen molar-refractivity contribution in [2.24, 2.45) is 0 Å². The maximum atomic E-state index is 2.30. The van der Waals surface area contributed by atoms with Gasteiger partial charge in [0.2, 0.25) is 0 Å². The molecule has 0 nitrogen and oxygen atoms in total. The fourth-order valence-electron chi connectivity index (χ4n) is 2.55. The highest BCUT2D eigenvalue weighted by molar-refractivity contribution is 5.88. The molecule has 0 radical (unpaired) electrons. The maximum Gasteiger partial charge on any atom is -0.00194 e. The minimum absolute atomic E-state index is 1.04. The van der Waals surface area contributed by atoms with Gasteiger partial charge in [0.15, 0.2) is 0 Å². The van der Waals surface area contributed by atoms with Crippen LogP contribution in [0.25, 0.3) is 24.3 Å². The lowest BCUT2D eigenvalue weighted by Crippen LogP contribution is -1.99. The molecule has 0 atom stereocenters. The van der Waals surface area contributed by atoms with Gasteiger partial charge in [-0.05, 0) is 39.8 Å². The van der Waals surface area contributed by atoms with Gasteiger partial charge in [0.1, 0.15) is 0 Å². The maximum absolute atomic E-state index is 2.30. The molecule has 2 aromatic carbocycles. The first-order valence-corrected chi connectivity index (χ1v) is 6.01. The first-order chi connectivity index (χ1) is 8.40. The third-order valence-electron chi connectivity index (χ3n) is 3.65. The Balaban J connectivity index is 1.70. The molecule has 0 heterocycles. The summed E-state index contributed by atoms with van der Waals surface area (Å²) in [6.07, 6.45) is 9.78. The van der Waals surface area contributed by atoms with E-state index in [1.165, 1.54) is 33.4 Å². The zero-order valence-corrected chi connectivity index (χ0v) is 9.48. The van der Waals surface area contributed by atoms with E-state index in [1.807, 2.05) is 0 Å². The van der Waals surface area contributed by atoms with Crippen LogP contribution in [0.15, 0.2) is 36.4 Å². The van der Waals surface area contributed by atoms with Crippen LogP contribution in [0.2, 0.25) is 0 Å². The first-order valence-electron chi connectivity index (χ1n) is 6.01. The fourth-order valence-corrected chi connectivity index (χ4v) is 2.55. The van der Waals surface area contributed by atoms with Crippen molar-refractivity contribution in [1.29, 1.82) is 0 Å². The average molecular weight is 216 g/mol. The Morgan fingerprint density at radius 2 is 1.59 bits per heavy atom. The quantitative estimate of drug-likeness (QED) is 0.470. The van der Waals surface area contributed by atoms with E-state index in [1.54, 1.807) is 0 Å². The van der Waals surface area contributed by atoms with Gasteiger partial charge in [-0.1, -0.05) is 60.7 Å². The molecule has 0 fully saturated rings. The van der Waals surface area contributed by atoms with E-state index in [0.717, 1.165) is 6.42 Å². The minimum Gasteiger partial charge on any atom is -0.0613 e. The predicted molar refractivity (Wildman–Crippen MR) is 73.5 cm³/mol. The molecule has 0 unspecified atom stereocenters. The van der Waals surface area contributed by atoms with Crippen LogP contribution in [0.4, 0.5) is 0 Å². The van der Waals surface area contributed by atoms with E-state index in [4.69, 9.17) is 0 Å². The number of benzene rings is 2. The van der Waals surface area contributed by atoms with Gasteiger partial charge in [0, 0.05) is 0 Å². The Labute approximate surface area is 101 Å². The lowest BCUT2D eigenvalue weighted by molar-refractivity contribution is 1.17. The molecule has 0 aromatic heterocycles. The van der Waals surface area contributed by atoms with Gasteiger partial charge in [-0.2, -0.15) is 0 Å². The molecule has 0 spiro atoms. The van der Waals surface area contributed by atoms with Crippen molar-refractivity contribution >= 4 is 24.3 Å². The number of hydrogen-bond donors (Lipinski definition) is 0. The van der Waals surface area contributed by atoms with Crippen LogP contribution >= 0.6 is 0 Å². The van der Waals surface area contributed by atoms with Crippen molar-refractivity contribution in [3.8, 4) is 0 Å². The topological polar surface area (TPSA) is 0 Å². The van der Waals surface area contributed by atoms with Gasteiger partial charge in [-0.15, -0.1) is 0 Å². The van der Waals surface area contributed by atoms with Gasteiger partial charge in [0.25, 0.3) is 0 Å². The summed E-state index contributed by atoms with van der Waals surface area (Å²) in [4.78, 5) is 0. The lowest BCUT2D eigenvalue weighted by Gasteiger charge is -2.17. The highest BCUT2D eigenvalue weighted by Crippen LogP contribution is 2.30. The monoisotopic (exact) mass is 216 g/mol. The smallest absolute Gasteiger partial charge is 0.00194 e. The summed E-state index contributed by atoms with van der Waals surface area (Å²) in [5, 5.41) is 0. The van der Waals surface area contributed by atoms with Crippen molar-refractivity contribution in [3.63, 3.8) is 0 Å². The first kappa shape index (κ1) is 9.00. The van der Waals surface area contributed by atoms with Gasteiger partial charge in [0.05, 0.1) is 0 Å². The summed E-state index contributed by atoms with van der Waals surface area (Å²) in [5.74, 6) is 0. The normalized spacial score (nSPS) is 13.6. The Morgan fingerprint density at radius 1 is 0.706 bits per heavy atom. The van der Waals surface area contributed by atoms with Crippen LogP contribution in [0.3, 0.4) is 0 Å². The molecule has 0 bridgehead atoms. The zero-order chi connectivity index (χ0) is 11.2. The number of rotatable bonds is 2. The van der Waals surface area contributed by atoms with Crippen molar-refractivity contribution in [1.82, 2.24) is 0 Å². The van der Waals surface area contributed by atoms with Crippen LogP contribution in [-0.4, -0.2) is 0 Å². The lowest BCUT2D eigenvalue weighted by atomic mass is 9.88. The molecule has 2 aliphatic carbocycles. The van der Waals surface area contributed by atoms with Crippen molar-refractivity contribution < 1.29 is 0 Å². The van der Waals surface area contributed by atoms with E-state index in [2.05, 4.69) is 60.7 Å². The molecule has 0 aliphatic heterocycles. The van der Waals surface area contributed by atoms with Crippen molar-refractivity contribution in [2.75, 3.05) is 0 Å². The third-order valence-corrected chi connectivity index (χ3v) is 3.65. The van der Waals surface area contributed by atoms with E-state index in [9.17, 15) is 0 Å². The molecule has 80 valence electrons. The SMILES string of the molecule is C1=Cc2cc(Cc3cccc4c3C=C4)ccc21. The highest BCUT2D eigenvalue weighted by atomic mass is 14.2. The van der Waals surface area contributed by atoms with Crippen LogP contribution in [0.5, 0.6) is 0 Å².